The Labute approximate surface area is 154 Å². The van der Waals surface area contributed by atoms with Crippen molar-refractivity contribution in [2.24, 2.45) is 0 Å². The van der Waals surface area contributed by atoms with Gasteiger partial charge in [-0.05, 0) is 31.3 Å². The summed E-state index contributed by atoms with van der Waals surface area (Å²) >= 11 is 0. The Morgan fingerprint density at radius 3 is 2.73 bits per heavy atom. The maximum atomic E-state index is 10.6. The van der Waals surface area contributed by atoms with Crippen LogP contribution in [0.5, 0.6) is 11.5 Å². The van der Waals surface area contributed by atoms with Crippen molar-refractivity contribution in [2.75, 3.05) is 50.5 Å². The van der Waals surface area contributed by atoms with Gasteiger partial charge in [-0.2, -0.15) is 0 Å². The zero-order chi connectivity index (χ0) is 18.4. The lowest BCUT2D eigenvalue weighted by molar-refractivity contribution is -0.104. The maximum absolute atomic E-state index is 10.6. The Hall–Kier alpha value is -2.86. The largest absolute Gasteiger partial charge is 0.455 e. The molecular formula is C20H24N4O2. The number of benzene rings is 1. The van der Waals surface area contributed by atoms with Crippen molar-refractivity contribution < 1.29 is 9.53 Å². The summed E-state index contributed by atoms with van der Waals surface area (Å²) in [6.07, 6.45) is 5.77. The van der Waals surface area contributed by atoms with Gasteiger partial charge in [-0.1, -0.05) is 12.1 Å². The predicted octanol–water partition coefficient (Wildman–Crippen LogP) is 2.88. The van der Waals surface area contributed by atoms with Crippen LogP contribution in [0.4, 0.5) is 11.5 Å². The Morgan fingerprint density at radius 1 is 1.19 bits per heavy atom. The van der Waals surface area contributed by atoms with Gasteiger partial charge < -0.3 is 19.9 Å². The third kappa shape index (κ3) is 4.21. The Kier molecular flexibility index (Phi) is 5.86. The van der Waals surface area contributed by atoms with Crippen LogP contribution in [-0.4, -0.2) is 56.4 Å². The number of para-hydroxylation sites is 1. The number of carbonyl (C=O) groups is 1. The molecule has 1 N–H and O–H groups in total. The van der Waals surface area contributed by atoms with Crippen LogP contribution < -0.4 is 15.0 Å². The van der Waals surface area contributed by atoms with Crippen molar-refractivity contribution in [3.05, 3.63) is 48.2 Å². The summed E-state index contributed by atoms with van der Waals surface area (Å²) < 4.78 is 6.11. The van der Waals surface area contributed by atoms with Crippen molar-refractivity contribution in [3.8, 4) is 11.5 Å². The molecule has 0 radical (unpaired) electrons. The highest BCUT2D eigenvalue weighted by atomic mass is 16.5. The van der Waals surface area contributed by atoms with Crippen LogP contribution in [0.15, 0.2) is 42.6 Å². The molecule has 0 aliphatic carbocycles. The molecule has 0 bridgehead atoms. The molecule has 1 fully saturated rings. The summed E-state index contributed by atoms with van der Waals surface area (Å²) in [5.41, 5.74) is 1.73. The highest BCUT2D eigenvalue weighted by Crippen LogP contribution is 2.33. The van der Waals surface area contributed by atoms with Crippen molar-refractivity contribution in [2.45, 2.75) is 0 Å². The molecule has 0 amide bonds. The van der Waals surface area contributed by atoms with E-state index < -0.39 is 0 Å². The van der Waals surface area contributed by atoms with E-state index in [9.17, 15) is 4.79 Å². The number of pyridine rings is 1. The van der Waals surface area contributed by atoms with Crippen molar-refractivity contribution in [1.29, 1.82) is 0 Å². The second-order valence-electron chi connectivity index (χ2n) is 6.21. The second-order valence-corrected chi connectivity index (χ2v) is 6.21. The number of carbonyl (C=O) groups excluding carboxylic acids is 1. The Bertz CT molecular complexity index is 783. The third-order valence-electron chi connectivity index (χ3n) is 4.43. The van der Waals surface area contributed by atoms with Gasteiger partial charge in [-0.25, -0.2) is 4.98 Å². The number of ether oxygens (including phenoxy) is 1. The molecule has 1 aromatic carbocycles. The highest BCUT2D eigenvalue weighted by molar-refractivity contribution is 5.80. The number of hydrogen-bond acceptors (Lipinski definition) is 6. The minimum absolute atomic E-state index is 0.705. The first-order valence-electron chi connectivity index (χ1n) is 8.71. The van der Waals surface area contributed by atoms with Crippen LogP contribution >= 0.6 is 0 Å². The number of aromatic nitrogens is 1. The number of aldehydes is 1. The minimum Gasteiger partial charge on any atom is -0.455 e. The average molecular weight is 352 g/mol. The summed E-state index contributed by atoms with van der Waals surface area (Å²) in [4.78, 5) is 19.7. The SMILES string of the molecule is CNc1c(/C=C/C=O)cccc1Oc1ccnc(N2CCN(C)CC2)c1. The van der Waals surface area contributed by atoms with E-state index in [4.69, 9.17) is 4.74 Å². The summed E-state index contributed by atoms with van der Waals surface area (Å²) in [5, 5.41) is 3.15. The molecule has 3 rings (SSSR count). The number of nitrogens with one attached hydrogen (secondary N) is 1. The van der Waals surface area contributed by atoms with Gasteiger partial charge >= 0.3 is 0 Å². The normalized spacial score (nSPS) is 15.2. The van der Waals surface area contributed by atoms with Gasteiger partial charge in [0.2, 0.25) is 0 Å². The number of hydrogen-bond donors (Lipinski definition) is 1. The number of rotatable bonds is 6. The van der Waals surface area contributed by atoms with Crippen LogP contribution in [0, 0.1) is 0 Å². The molecule has 0 spiro atoms. The molecule has 2 aromatic rings. The molecule has 1 saturated heterocycles. The van der Waals surface area contributed by atoms with Gasteiger partial charge in [0, 0.05) is 51.1 Å². The lowest BCUT2D eigenvalue weighted by Gasteiger charge is -2.33. The number of allylic oxidation sites excluding steroid dienone is 1. The van der Waals surface area contributed by atoms with E-state index in [1.807, 2.05) is 37.4 Å². The van der Waals surface area contributed by atoms with E-state index in [1.165, 1.54) is 6.08 Å². The van der Waals surface area contributed by atoms with Gasteiger partial charge in [-0.3, -0.25) is 4.79 Å². The number of nitrogens with zero attached hydrogens (tertiary/aromatic N) is 3. The minimum atomic E-state index is 0.705. The first kappa shape index (κ1) is 17.9. The zero-order valence-electron chi connectivity index (χ0n) is 15.2. The quantitative estimate of drug-likeness (QED) is 0.637. The molecule has 1 aliphatic rings. The van der Waals surface area contributed by atoms with E-state index in [0.29, 0.717) is 5.75 Å². The van der Waals surface area contributed by atoms with Crippen LogP contribution in [-0.2, 0) is 4.79 Å². The van der Waals surface area contributed by atoms with Gasteiger partial charge in [0.25, 0.3) is 0 Å². The Balaban J connectivity index is 1.82. The molecule has 136 valence electrons. The van der Waals surface area contributed by atoms with Crippen molar-refractivity contribution in [3.63, 3.8) is 0 Å². The fourth-order valence-corrected chi connectivity index (χ4v) is 2.98. The molecule has 6 nitrogen and oxygen atoms in total. The first-order valence-corrected chi connectivity index (χ1v) is 8.71. The molecule has 2 heterocycles. The van der Waals surface area contributed by atoms with E-state index in [0.717, 1.165) is 55.3 Å². The molecule has 1 aliphatic heterocycles. The average Bonchev–Trinajstić information content (AvgIpc) is 2.67. The van der Waals surface area contributed by atoms with Crippen LogP contribution in [0.3, 0.4) is 0 Å². The smallest absolute Gasteiger partial charge is 0.151 e. The number of piperazine rings is 1. The van der Waals surface area contributed by atoms with Crippen molar-refractivity contribution in [1.82, 2.24) is 9.88 Å². The maximum Gasteiger partial charge on any atom is 0.151 e. The standard InChI is InChI=1S/C20H24N4O2/c1-21-20-16(6-4-14-25)5-3-7-18(20)26-17-8-9-22-19(15-17)24-12-10-23(2)11-13-24/h3-9,14-15,21H,10-13H2,1-2H3/b6-4+. The third-order valence-corrected chi connectivity index (χ3v) is 4.43. The van der Waals surface area contributed by atoms with Gasteiger partial charge in [-0.15, -0.1) is 0 Å². The lowest BCUT2D eigenvalue weighted by Crippen LogP contribution is -2.44. The molecular weight excluding hydrogens is 328 g/mol. The van der Waals surface area contributed by atoms with Crippen LogP contribution in [0.25, 0.3) is 6.08 Å². The van der Waals surface area contributed by atoms with Crippen LogP contribution in [0.2, 0.25) is 0 Å². The van der Waals surface area contributed by atoms with Crippen LogP contribution in [0.1, 0.15) is 5.56 Å². The highest BCUT2D eigenvalue weighted by Gasteiger charge is 2.16. The summed E-state index contributed by atoms with van der Waals surface area (Å²) in [5.74, 6) is 2.37. The molecule has 6 heteroatoms. The molecule has 26 heavy (non-hydrogen) atoms. The van der Waals surface area contributed by atoms with E-state index in [-0.39, 0.29) is 0 Å². The summed E-state index contributed by atoms with van der Waals surface area (Å²) in [7, 11) is 3.97. The number of likely N-dealkylation sites (N-methyl/N-ethyl adjacent to an activating group) is 1. The topological polar surface area (TPSA) is 57.7 Å². The van der Waals surface area contributed by atoms with Gasteiger partial charge in [0.05, 0.1) is 5.69 Å². The van der Waals surface area contributed by atoms with E-state index in [1.54, 1.807) is 12.3 Å². The Morgan fingerprint density at radius 2 is 2.00 bits per heavy atom. The van der Waals surface area contributed by atoms with Crippen molar-refractivity contribution >= 4 is 23.9 Å². The van der Waals surface area contributed by atoms with Gasteiger partial charge in [0.1, 0.15) is 17.9 Å². The molecule has 0 atom stereocenters. The summed E-state index contributed by atoms with van der Waals surface area (Å²) in [6, 6.07) is 9.57. The fraction of sp³-hybridized carbons (Fsp3) is 0.300. The zero-order valence-corrected chi connectivity index (χ0v) is 15.2. The monoisotopic (exact) mass is 352 g/mol. The predicted molar refractivity (Wildman–Crippen MR) is 105 cm³/mol. The second kappa shape index (κ2) is 8.49. The molecule has 0 unspecified atom stereocenters. The lowest BCUT2D eigenvalue weighted by atomic mass is 10.1. The number of anilines is 2. The molecule has 1 aromatic heterocycles. The van der Waals surface area contributed by atoms with E-state index in [2.05, 4.69) is 27.1 Å². The molecule has 0 saturated carbocycles. The first-order chi connectivity index (χ1) is 12.7. The fourth-order valence-electron chi connectivity index (χ4n) is 2.98. The van der Waals surface area contributed by atoms with Gasteiger partial charge in [0.15, 0.2) is 5.75 Å². The summed E-state index contributed by atoms with van der Waals surface area (Å²) in [6.45, 7) is 3.98. The van der Waals surface area contributed by atoms with E-state index >= 15 is 0 Å².